The van der Waals surface area contributed by atoms with Crippen LogP contribution in [-0.4, -0.2) is 53.6 Å². The van der Waals surface area contributed by atoms with Crippen LogP contribution in [-0.2, 0) is 11.2 Å². The first-order valence-corrected chi connectivity index (χ1v) is 12.3. The highest BCUT2D eigenvalue weighted by atomic mass is 35.5. The summed E-state index contributed by atoms with van der Waals surface area (Å²) in [6.45, 7) is 4.65. The normalized spacial score (nSPS) is 23.0. The van der Waals surface area contributed by atoms with E-state index in [1.165, 1.54) is 19.3 Å². The first-order chi connectivity index (χ1) is 15.7. The molecular weight excluding hydrogens is 424 g/mol. The Labute approximate surface area is 194 Å². The van der Waals surface area contributed by atoms with E-state index in [0.717, 1.165) is 80.6 Å². The average molecular weight is 455 g/mol. The second kappa shape index (κ2) is 9.65. The summed E-state index contributed by atoms with van der Waals surface area (Å²) in [5, 5.41) is 0.583. The van der Waals surface area contributed by atoms with Gasteiger partial charge < -0.3 is 14.5 Å². The van der Waals surface area contributed by atoms with Gasteiger partial charge in [0.05, 0.1) is 30.4 Å². The van der Waals surface area contributed by atoms with Gasteiger partial charge >= 0.3 is 0 Å². The van der Waals surface area contributed by atoms with Crippen LogP contribution in [0, 0.1) is 17.8 Å². The van der Waals surface area contributed by atoms with E-state index in [4.69, 9.17) is 16.3 Å². The standard InChI is InChI=1S/C25H31ClN4O2/c26-21-16-27-25(28-17-21)30-11-6-19(7-12-30)23-15-20(23)8-13-32-22-4-2-18(3-5-22)14-24(31)29-9-1-10-29/h2-5,16-17,19-20,23H,1,6-15H2. The summed E-state index contributed by atoms with van der Waals surface area (Å²) < 4.78 is 5.99. The zero-order valence-corrected chi connectivity index (χ0v) is 19.2. The van der Waals surface area contributed by atoms with E-state index in [0.29, 0.717) is 11.4 Å². The fourth-order valence-corrected chi connectivity index (χ4v) is 5.16. The lowest BCUT2D eigenvalue weighted by Gasteiger charge is -2.32. The smallest absolute Gasteiger partial charge is 0.226 e. The predicted molar refractivity (Wildman–Crippen MR) is 125 cm³/mol. The highest BCUT2D eigenvalue weighted by Gasteiger charge is 2.43. The van der Waals surface area contributed by atoms with E-state index in [9.17, 15) is 4.79 Å². The van der Waals surface area contributed by atoms with Gasteiger partial charge in [-0.2, -0.15) is 0 Å². The quantitative estimate of drug-likeness (QED) is 0.597. The molecule has 1 saturated carbocycles. The molecule has 1 aliphatic carbocycles. The van der Waals surface area contributed by atoms with Crippen molar-refractivity contribution in [3.05, 3.63) is 47.2 Å². The summed E-state index contributed by atoms with van der Waals surface area (Å²) >= 11 is 5.89. The van der Waals surface area contributed by atoms with Gasteiger partial charge in [0, 0.05) is 26.2 Å². The third kappa shape index (κ3) is 5.17. The lowest BCUT2D eigenvalue weighted by atomic mass is 9.90. The number of amides is 1. The molecule has 32 heavy (non-hydrogen) atoms. The SMILES string of the molecule is O=C(Cc1ccc(OCCC2CC2C2CCN(c3ncc(Cl)cn3)CC2)cc1)N1CCC1. The van der Waals surface area contributed by atoms with E-state index in [-0.39, 0.29) is 5.91 Å². The van der Waals surface area contributed by atoms with Crippen LogP contribution in [0.25, 0.3) is 0 Å². The van der Waals surface area contributed by atoms with Crippen LogP contribution >= 0.6 is 11.6 Å². The molecule has 3 heterocycles. The maximum absolute atomic E-state index is 12.1. The van der Waals surface area contributed by atoms with Crippen molar-refractivity contribution in [1.29, 1.82) is 0 Å². The fraction of sp³-hybridized carbons (Fsp3) is 0.560. The van der Waals surface area contributed by atoms with E-state index in [2.05, 4.69) is 14.9 Å². The third-order valence-electron chi connectivity index (χ3n) is 7.26. The van der Waals surface area contributed by atoms with E-state index in [1.54, 1.807) is 12.4 Å². The summed E-state index contributed by atoms with van der Waals surface area (Å²) in [7, 11) is 0. The summed E-state index contributed by atoms with van der Waals surface area (Å²) in [5.74, 6) is 4.39. The molecule has 0 spiro atoms. The number of likely N-dealkylation sites (tertiary alicyclic amines) is 1. The Morgan fingerprint density at radius 2 is 1.78 bits per heavy atom. The van der Waals surface area contributed by atoms with Gasteiger partial charge in [-0.15, -0.1) is 0 Å². The second-order valence-electron chi connectivity index (χ2n) is 9.38. The molecule has 3 fully saturated rings. The topological polar surface area (TPSA) is 58.6 Å². The zero-order valence-electron chi connectivity index (χ0n) is 18.5. The number of benzene rings is 1. The van der Waals surface area contributed by atoms with Gasteiger partial charge in [0.25, 0.3) is 0 Å². The molecule has 170 valence electrons. The molecule has 1 aromatic heterocycles. The van der Waals surface area contributed by atoms with Crippen molar-refractivity contribution < 1.29 is 9.53 Å². The molecule has 0 bridgehead atoms. The number of carbonyl (C=O) groups excluding carboxylic acids is 1. The number of ether oxygens (including phenoxy) is 1. The molecule has 2 saturated heterocycles. The molecule has 0 radical (unpaired) electrons. The second-order valence-corrected chi connectivity index (χ2v) is 9.81. The molecule has 2 atom stereocenters. The Hall–Kier alpha value is -2.34. The maximum atomic E-state index is 12.1. The molecule has 2 aromatic rings. The maximum Gasteiger partial charge on any atom is 0.226 e. The predicted octanol–water partition coefficient (Wildman–Crippen LogP) is 4.23. The zero-order chi connectivity index (χ0) is 21.9. The summed E-state index contributed by atoms with van der Waals surface area (Å²) in [6.07, 6.45) is 9.87. The van der Waals surface area contributed by atoms with Crippen LogP contribution < -0.4 is 9.64 Å². The van der Waals surface area contributed by atoms with Crippen LogP contribution in [0.4, 0.5) is 5.95 Å². The largest absolute Gasteiger partial charge is 0.494 e. The molecule has 1 aromatic carbocycles. The Morgan fingerprint density at radius 3 is 2.44 bits per heavy atom. The van der Waals surface area contributed by atoms with Gasteiger partial charge in [-0.1, -0.05) is 23.7 Å². The fourth-order valence-electron chi connectivity index (χ4n) is 5.06. The number of hydrogen-bond donors (Lipinski definition) is 0. The molecular formula is C25H31ClN4O2. The highest BCUT2D eigenvalue weighted by Crippen LogP contribution is 2.49. The Balaban J connectivity index is 0.997. The molecule has 7 heteroatoms. The van der Waals surface area contributed by atoms with Gasteiger partial charge in [0.1, 0.15) is 5.75 Å². The van der Waals surface area contributed by atoms with Gasteiger partial charge in [-0.3, -0.25) is 4.79 Å². The van der Waals surface area contributed by atoms with Gasteiger partial charge in [-0.25, -0.2) is 9.97 Å². The van der Waals surface area contributed by atoms with Crippen molar-refractivity contribution >= 4 is 23.5 Å². The van der Waals surface area contributed by atoms with Crippen LogP contribution in [0.3, 0.4) is 0 Å². The van der Waals surface area contributed by atoms with Gasteiger partial charge in [0.2, 0.25) is 11.9 Å². The molecule has 0 N–H and O–H groups in total. The molecule has 2 aliphatic heterocycles. The minimum atomic E-state index is 0.233. The Morgan fingerprint density at radius 1 is 1.06 bits per heavy atom. The molecule has 3 aliphatic rings. The van der Waals surface area contributed by atoms with Crippen LogP contribution in [0.15, 0.2) is 36.7 Å². The lowest BCUT2D eigenvalue weighted by Crippen LogP contribution is -2.42. The van der Waals surface area contributed by atoms with Crippen molar-refractivity contribution in [1.82, 2.24) is 14.9 Å². The number of anilines is 1. The van der Waals surface area contributed by atoms with Crippen molar-refractivity contribution in [2.75, 3.05) is 37.7 Å². The minimum absolute atomic E-state index is 0.233. The minimum Gasteiger partial charge on any atom is -0.494 e. The number of piperidine rings is 1. The van der Waals surface area contributed by atoms with Crippen LogP contribution in [0.1, 0.15) is 37.7 Å². The van der Waals surface area contributed by atoms with Crippen LogP contribution in [0.5, 0.6) is 5.75 Å². The van der Waals surface area contributed by atoms with Crippen molar-refractivity contribution in [3.8, 4) is 5.75 Å². The number of nitrogens with zero attached hydrogens (tertiary/aromatic N) is 4. The van der Waals surface area contributed by atoms with E-state index in [1.807, 2.05) is 29.2 Å². The average Bonchev–Trinajstić information content (AvgIpc) is 3.54. The number of halogens is 1. The summed E-state index contributed by atoms with van der Waals surface area (Å²) in [5.41, 5.74) is 1.06. The molecule has 6 nitrogen and oxygen atoms in total. The van der Waals surface area contributed by atoms with Gasteiger partial charge in [-0.05, 0) is 67.6 Å². The number of aromatic nitrogens is 2. The van der Waals surface area contributed by atoms with Crippen molar-refractivity contribution in [2.24, 2.45) is 17.8 Å². The third-order valence-corrected chi connectivity index (χ3v) is 7.45. The van der Waals surface area contributed by atoms with Gasteiger partial charge in [0.15, 0.2) is 0 Å². The van der Waals surface area contributed by atoms with Crippen molar-refractivity contribution in [3.63, 3.8) is 0 Å². The van der Waals surface area contributed by atoms with Crippen molar-refractivity contribution in [2.45, 2.75) is 38.5 Å². The van der Waals surface area contributed by atoms with Crippen LogP contribution in [0.2, 0.25) is 5.02 Å². The lowest BCUT2D eigenvalue weighted by molar-refractivity contribution is -0.133. The monoisotopic (exact) mass is 454 g/mol. The first-order valence-electron chi connectivity index (χ1n) is 11.9. The van der Waals surface area contributed by atoms with E-state index < -0.39 is 0 Å². The molecule has 2 unspecified atom stereocenters. The Bertz CT molecular complexity index is 909. The number of hydrogen-bond acceptors (Lipinski definition) is 5. The summed E-state index contributed by atoms with van der Waals surface area (Å²) in [4.78, 5) is 25.0. The first kappa shape index (κ1) is 21.5. The highest BCUT2D eigenvalue weighted by molar-refractivity contribution is 6.30. The summed E-state index contributed by atoms with van der Waals surface area (Å²) in [6, 6.07) is 8.03. The molecule has 1 amide bonds. The molecule has 5 rings (SSSR count). The van der Waals surface area contributed by atoms with E-state index >= 15 is 0 Å². The number of rotatable bonds is 8. The number of carbonyl (C=O) groups is 1. The Kier molecular flexibility index (Phi) is 6.49.